The lowest BCUT2D eigenvalue weighted by molar-refractivity contribution is -0.385. The van der Waals surface area contributed by atoms with E-state index < -0.39 is 10.7 Å². The lowest BCUT2D eigenvalue weighted by Gasteiger charge is -2.36. The Kier molecular flexibility index (Phi) is 8.66. The number of nitrogens with one attached hydrogen (secondary N) is 1. The Morgan fingerprint density at radius 1 is 1.26 bits per heavy atom. The number of aromatic nitrogens is 2. The molecule has 0 aliphatic carbocycles. The van der Waals surface area contributed by atoms with Gasteiger partial charge in [-0.1, -0.05) is 0 Å². The summed E-state index contributed by atoms with van der Waals surface area (Å²) in [7, 11) is 5.90. The third-order valence-electron chi connectivity index (χ3n) is 5.72. The molecule has 2 heterocycles. The van der Waals surface area contributed by atoms with Crippen LogP contribution in [0.15, 0.2) is 30.6 Å². The molecule has 0 bridgehead atoms. The van der Waals surface area contributed by atoms with Crippen molar-refractivity contribution in [3.63, 3.8) is 0 Å². The number of nitro benzene ring substituents is 1. The highest BCUT2D eigenvalue weighted by Crippen LogP contribution is 2.27. The standard InChI is InChI=1S/C22H30FN7O4/c1-27(2)9-4-10-29-11-7-16(8-12-29)28(3)22(31)26-20-14-21(25-15-24-20)34-19-6-5-17(30(32)33)13-18(19)23/h5-6,13-16H,4,7-12H2,1-3H3,(H,24,25,26,31). The van der Waals surface area contributed by atoms with E-state index in [-0.39, 0.29) is 35.2 Å². The van der Waals surface area contributed by atoms with Crippen LogP contribution in [0.1, 0.15) is 19.3 Å². The van der Waals surface area contributed by atoms with E-state index in [0.29, 0.717) is 0 Å². The van der Waals surface area contributed by atoms with Crippen LogP contribution in [0, 0.1) is 15.9 Å². The number of urea groups is 1. The summed E-state index contributed by atoms with van der Waals surface area (Å²) in [6.45, 7) is 4.01. The Hall–Kier alpha value is -3.38. The Morgan fingerprint density at radius 3 is 2.65 bits per heavy atom. The number of ether oxygens (including phenoxy) is 1. The van der Waals surface area contributed by atoms with Gasteiger partial charge in [0.2, 0.25) is 5.88 Å². The number of benzene rings is 1. The van der Waals surface area contributed by atoms with Crippen LogP contribution in [0.25, 0.3) is 0 Å². The van der Waals surface area contributed by atoms with Crippen molar-refractivity contribution in [2.24, 2.45) is 0 Å². The molecule has 1 N–H and O–H groups in total. The molecule has 0 spiro atoms. The first-order valence-corrected chi connectivity index (χ1v) is 11.1. The predicted octanol–water partition coefficient (Wildman–Crippen LogP) is 3.20. The molecule has 0 unspecified atom stereocenters. The van der Waals surface area contributed by atoms with Gasteiger partial charge in [-0.15, -0.1) is 0 Å². The molecule has 0 radical (unpaired) electrons. The minimum absolute atomic E-state index is 0.00765. The first-order chi connectivity index (χ1) is 16.2. The number of nitro groups is 1. The van der Waals surface area contributed by atoms with Crippen LogP contribution < -0.4 is 10.1 Å². The maximum atomic E-state index is 14.1. The van der Waals surface area contributed by atoms with Crippen LogP contribution in [-0.4, -0.2) is 89.0 Å². The summed E-state index contributed by atoms with van der Waals surface area (Å²) in [4.78, 5) is 37.0. The first-order valence-electron chi connectivity index (χ1n) is 11.1. The highest BCUT2D eigenvalue weighted by Gasteiger charge is 2.25. The largest absolute Gasteiger partial charge is 0.436 e. The summed E-state index contributed by atoms with van der Waals surface area (Å²) in [6, 6.07) is 4.22. The molecular weight excluding hydrogens is 445 g/mol. The third-order valence-corrected chi connectivity index (χ3v) is 5.72. The van der Waals surface area contributed by atoms with Gasteiger partial charge in [0.25, 0.3) is 5.69 Å². The molecule has 1 aromatic carbocycles. The van der Waals surface area contributed by atoms with E-state index in [2.05, 4.69) is 39.2 Å². The molecule has 3 rings (SSSR count). The number of hydrogen-bond donors (Lipinski definition) is 1. The number of carbonyl (C=O) groups is 1. The zero-order valence-electron chi connectivity index (χ0n) is 19.6. The quantitative estimate of drug-likeness (QED) is 0.434. The molecule has 2 aromatic rings. The molecule has 11 nitrogen and oxygen atoms in total. The van der Waals surface area contributed by atoms with Crippen molar-refractivity contribution >= 4 is 17.5 Å². The molecular formula is C22H30FN7O4. The molecule has 1 aliphatic rings. The van der Waals surface area contributed by atoms with E-state index in [1.165, 1.54) is 12.4 Å². The minimum atomic E-state index is -0.897. The number of amides is 2. The number of halogens is 1. The fourth-order valence-corrected chi connectivity index (χ4v) is 3.77. The molecule has 34 heavy (non-hydrogen) atoms. The van der Waals surface area contributed by atoms with Crippen LogP contribution in [0.5, 0.6) is 11.6 Å². The number of rotatable bonds is 9. The van der Waals surface area contributed by atoms with Crippen molar-refractivity contribution in [2.45, 2.75) is 25.3 Å². The van der Waals surface area contributed by atoms with Gasteiger partial charge in [-0.25, -0.2) is 19.2 Å². The van der Waals surface area contributed by atoms with Gasteiger partial charge in [-0.3, -0.25) is 15.4 Å². The van der Waals surface area contributed by atoms with Crippen molar-refractivity contribution in [3.05, 3.63) is 46.5 Å². The summed E-state index contributed by atoms with van der Waals surface area (Å²) in [6.07, 6.45) is 4.09. The number of nitrogens with zero attached hydrogens (tertiary/aromatic N) is 6. The maximum Gasteiger partial charge on any atom is 0.323 e. The number of non-ortho nitro benzene ring substituents is 1. The van der Waals surface area contributed by atoms with Crippen LogP contribution in [0.4, 0.5) is 20.7 Å². The van der Waals surface area contributed by atoms with Crippen molar-refractivity contribution in [1.82, 2.24) is 24.7 Å². The fourth-order valence-electron chi connectivity index (χ4n) is 3.77. The van der Waals surface area contributed by atoms with Crippen molar-refractivity contribution in [1.29, 1.82) is 0 Å². The van der Waals surface area contributed by atoms with Crippen LogP contribution in [0.3, 0.4) is 0 Å². The van der Waals surface area contributed by atoms with Crippen LogP contribution in [0.2, 0.25) is 0 Å². The van der Waals surface area contributed by atoms with Crippen molar-refractivity contribution in [3.8, 4) is 11.6 Å². The lowest BCUT2D eigenvalue weighted by atomic mass is 10.0. The molecule has 1 aliphatic heterocycles. The molecule has 0 saturated carbocycles. The normalized spacial score (nSPS) is 14.7. The van der Waals surface area contributed by atoms with E-state index in [4.69, 9.17) is 4.74 Å². The molecule has 1 saturated heterocycles. The number of piperidine rings is 1. The van der Waals surface area contributed by atoms with E-state index in [9.17, 15) is 19.3 Å². The van der Waals surface area contributed by atoms with E-state index in [0.717, 1.165) is 63.6 Å². The summed E-state index contributed by atoms with van der Waals surface area (Å²) < 4.78 is 19.5. The molecule has 12 heteroatoms. The van der Waals surface area contributed by atoms with E-state index in [1.54, 1.807) is 11.9 Å². The smallest absolute Gasteiger partial charge is 0.323 e. The molecule has 184 valence electrons. The number of carbonyl (C=O) groups excluding carboxylic acids is 1. The second-order valence-corrected chi connectivity index (χ2v) is 8.49. The van der Waals surface area contributed by atoms with Gasteiger partial charge < -0.3 is 19.4 Å². The lowest BCUT2D eigenvalue weighted by Crippen LogP contribution is -2.47. The summed E-state index contributed by atoms with van der Waals surface area (Å²) in [5, 5.41) is 13.5. The molecule has 1 aromatic heterocycles. The average Bonchev–Trinajstić information content (AvgIpc) is 2.80. The SMILES string of the molecule is CN(C)CCCN1CCC(N(C)C(=O)Nc2cc(Oc3ccc([N+](=O)[O-])cc3F)ncn2)CC1. The average molecular weight is 476 g/mol. The van der Waals surface area contributed by atoms with Gasteiger partial charge in [0, 0.05) is 38.3 Å². The summed E-state index contributed by atoms with van der Waals surface area (Å²) in [5.74, 6) is -0.931. The topological polar surface area (TPSA) is 117 Å². The Labute approximate surface area is 197 Å². The maximum absolute atomic E-state index is 14.1. The molecule has 0 atom stereocenters. The van der Waals surface area contributed by atoms with E-state index in [1.807, 2.05) is 0 Å². The summed E-state index contributed by atoms with van der Waals surface area (Å²) >= 11 is 0. The second kappa shape index (κ2) is 11.7. The van der Waals surface area contributed by atoms with Crippen LogP contribution >= 0.6 is 0 Å². The van der Waals surface area contributed by atoms with Gasteiger partial charge >= 0.3 is 6.03 Å². The predicted molar refractivity (Wildman–Crippen MR) is 125 cm³/mol. The number of hydrogen-bond acceptors (Lipinski definition) is 8. The Bertz CT molecular complexity index is 999. The number of likely N-dealkylation sites (tertiary alicyclic amines) is 1. The van der Waals surface area contributed by atoms with Crippen molar-refractivity contribution < 1.29 is 18.8 Å². The van der Waals surface area contributed by atoms with Gasteiger partial charge in [0.05, 0.1) is 11.0 Å². The number of anilines is 1. The van der Waals surface area contributed by atoms with Gasteiger partial charge in [-0.05, 0) is 52.5 Å². The van der Waals surface area contributed by atoms with Crippen LogP contribution in [-0.2, 0) is 0 Å². The fraction of sp³-hybridized carbons (Fsp3) is 0.500. The zero-order valence-corrected chi connectivity index (χ0v) is 19.6. The second-order valence-electron chi connectivity index (χ2n) is 8.49. The minimum Gasteiger partial charge on any atom is -0.436 e. The van der Waals surface area contributed by atoms with Gasteiger partial charge in [-0.2, -0.15) is 0 Å². The summed E-state index contributed by atoms with van der Waals surface area (Å²) in [5.41, 5.74) is -0.386. The van der Waals surface area contributed by atoms with Gasteiger partial charge in [0.1, 0.15) is 12.1 Å². The van der Waals surface area contributed by atoms with E-state index >= 15 is 0 Å². The van der Waals surface area contributed by atoms with Crippen molar-refractivity contribution in [2.75, 3.05) is 52.6 Å². The third kappa shape index (κ3) is 7.06. The highest BCUT2D eigenvalue weighted by atomic mass is 19.1. The first kappa shape index (κ1) is 25.2. The zero-order chi connectivity index (χ0) is 24.7. The highest BCUT2D eigenvalue weighted by molar-refractivity contribution is 5.88. The Balaban J connectivity index is 1.52. The molecule has 1 fully saturated rings. The molecule has 2 amide bonds. The Morgan fingerprint density at radius 2 is 2.00 bits per heavy atom. The van der Waals surface area contributed by atoms with Gasteiger partial charge in [0.15, 0.2) is 11.6 Å². The monoisotopic (exact) mass is 475 g/mol.